The summed E-state index contributed by atoms with van der Waals surface area (Å²) in [5, 5.41) is 19.0. The van der Waals surface area contributed by atoms with Gasteiger partial charge in [0, 0.05) is 22.7 Å². The molecule has 0 fully saturated rings. The Kier molecular flexibility index (Phi) is 3.48. The molecule has 28 heavy (non-hydrogen) atoms. The second-order valence-electron chi connectivity index (χ2n) is 6.43. The lowest BCUT2D eigenvalue weighted by molar-refractivity contribution is 0.0307. The van der Waals surface area contributed by atoms with Gasteiger partial charge in [-0.3, -0.25) is 10.1 Å². The van der Waals surface area contributed by atoms with E-state index in [2.05, 4.69) is 30.5 Å². The first-order valence-electron chi connectivity index (χ1n) is 8.50. The van der Waals surface area contributed by atoms with Crippen molar-refractivity contribution in [2.75, 3.05) is 0 Å². The van der Waals surface area contributed by atoms with Crippen molar-refractivity contribution in [3.05, 3.63) is 66.2 Å². The summed E-state index contributed by atoms with van der Waals surface area (Å²) >= 11 is 0. The van der Waals surface area contributed by atoms with E-state index in [1.807, 2.05) is 7.85 Å². The van der Waals surface area contributed by atoms with Crippen LogP contribution in [0.1, 0.15) is 11.4 Å². The third kappa shape index (κ3) is 2.53. The number of benzene rings is 1. The van der Waals surface area contributed by atoms with Crippen molar-refractivity contribution in [2.45, 2.75) is 5.92 Å². The molecule has 0 aliphatic heterocycles. The zero-order valence-corrected chi connectivity index (χ0v) is 14.6. The maximum Gasteiger partial charge on any atom is 0.333 e. The standard InChI is InChI=1S/C18H12BF2N7/c19-15-5-1-10-7-12(2-3-13(10)24-15)18(20,21)17-26-25-16-6-4-14(27-28(16)17)11-8-22-23-9-11/h1-9H,19H2,(H,22,23). The Morgan fingerprint density at radius 3 is 2.75 bits per heavy atom. The molecule has 0 aliphatic carbocycles. The predicted octanol–water partition coefficient (Wildman–Crippen LogP) is 1.46. The smallest absolute Gasteiger partial charge is 0.285 e. The Morgan fingerprint density at radius 1 is 1.04 bits per heavy atom. The van der Waals surface area contributed by atoms with E-state index in [4.69, 9.17) is 0 Å². The summed E-state index contributed by atoms with van der Waals surface area (Å²) < 4.78 is 31.7. The van der Waals surface area contributed by atoms with E-state index < -0.39 is 11.7 Å². The Morgan fingerprint density at radius 2 is 1.93 bits per heavy atom. The molecule has 10 heteroatoms. The quantitative estimate of drug-likeness (QED) is 0.483. The highest BCUT2D eigenvalue weighted by Crippen LogP contribution is 2.35. The number of H-pyrrole nitrogens is 1. The minimum atomic E-state index is -3.39. The lowest BCUT2D eigenvalue weighted by atomic mass is 10.0. The van der Waals surface area contributed by atoms with Crippen molar-refractivity contribution < 1.29 is 8.78 Å². The number of halogens is 2. The molecule has 0 spiro atoms. The van der Waals surface area contributed by atoms with Crippen LogP contribution in [0, 0.1) is 0 Å². The molecule has 1 aromatic carbocycles. The van der Waals surface area contributed by atoms with Gasteiger partial charge in [-0.1, -0.05) is 18.2 Å². The Hall–Kier alpha value is -3.69. The van der Waals surface area contributed by atoms with Gasteiger partial charge in [0.2, 0.25) is 5.82 Å². The van der Waals surface area contributed by atoms with Crippen molar-refractivity contribution >= 4 is 30.0 Å². The molecule has 4 heterocycles. The lowest BCUT2D eigenvalue weighted by Crippen LogP contribution is -2.20. The number of aromatic nitrogens is 7. The number of nitrogens with zero attached hydrogens (tertiary/aromatic N) is 6. The maximum absolute atomic E-state index is 15.3. The number of pyridine rings is 1. The van der Waals surface area contributed by atoms with Crippen molar-refractivity contribution in [1.82, 2.24) is 35.0 Å². The summed E-state index contributed by atoms with van der Waals surface area (Å²) in [4.78, 5) is 4.35. The minimum Gasteiger partial charge on any atom is -0.285 e. The predicted molar refractivity (Wildman–Crippen MR) is 101 cm³/mol. The first-order valence-corrected chi connectivity index (χ1v) is 8.50. The highest BCUT2D eigenvalue weighted by atomic mass is 19.3. The molecule has 0 atom stereocenters. The van der Waals surface area contributed by atoms with Gasteiger partial charge in [0.15, 0.2) is 13.5 Å². The molecule has 0 radical (unpaired) electrons. The van der Waals surface area contributed by atoms with Crippen molar-refractivity contribution in [1.29, 1.82) is 0 Å². The van der Waals surface area contributed by atoms with Crippen LogP contribution in [0.3, 0.4) is 0 Å². The zero-order chi connectivity index (χ0) is 19.3. The van der Waals surface area contributed by atoms with E-state index in [1.54, 1.807) is 42.7 Å². The molecular weight excluding hydrogens is 363 g/mol. The van der Waals surface area contributed by atoms with Gasteiger partial charge in [0.25, 0.3) is 0 Å². The van der Waals surface area contributed by atoms with Crippen LogP contribution in [0.4, 0.5) is 8.78 Å². The largest absolute Gasteiger partial charge is 0.333 e. The van der Waals surface area contributed by atoms with Gasteiger partial charge in [-0.25, -0.2) is 0 Å². The number of fused-ring (bicyclic) bond motifs is 2. The van der Waals surface area contributed by atoms with Crippen LogP contribution in [-0.2, 0) is 5.92 Å². The molecule has 0 amide bonds. The molecule has 1 N–H and O–H groups in total. The fraction of sp³-hybridized carbons (Fsp3) is 0.0556. The van der Waals surface area contributed by atoms with E-state index in [0.29, 0.717) is 22.2 Å². The van der Waals surface area contributed by atoms with Gasteiger partial charge in [-0.05, 0) is 29.9 Å². The third-order valence-electron chi connectivity index (χ3n) is 4.53. The van der Waals surface area contributed by atoms with Crippen LogP contribution in [0.2, 0.25) is 0 Å². The molecule has 0 bridgehead atoms. The second kappa shape index (κ2) is 5.91. The van der Waals surface area contributed by atoms with Gasteiger partial charge in [-0.15, -0.1) is 10.2 Å². The molecule has 7 nitrogen and oxygen atoms in total. The highest BCUT2D eigenvalue weighted by molar-refractivity contribution is 6.31. The van der Waals surface area contributed by atoms with E-state index >= 15 is 8.78 Å². The normalized spacial score (nSPS) is 12.1. The first-order chi connectivity index (χ1) is 13.5. The Labute approximate surface area is 157 Å². The first kappa shape index (κ1) is 16.5. The third-order valence-corrected chi connectivity index (χ3v) is 4.53. The van der Waals surface area contributed by atoms with Crippen LogP contribution in [-0.4, -0.2) is 42.8 Å². The van der Waals surface area contributed by atoms with Crippen LogP contribution in [0.5, 0.6) is 0 Å². The monoisotopic (exact) mass is 375 g/mol. The summed E-state index contributed by atoms with van der Waals surface area (Å²) in [6.45, 7) is 0. The molecule has 0 unspecified atom stereocenters. The topological polar surface area (TPSA) is 84.6 Å². The summed E-state index contributed by atoms with van der Waals surface area (Å²) in [6, 6.07) is 11.2. The summed E-state index contributed by atoms with van der Waals surface area (Å²) in [6.07, 6.45) is 3.20. The van der Waals surface area contributed by atoms with Gasteiger partial charge in [0.05, 0.1) is 17.4 Å². The van der Waals surface area contributed by atoms with E-state index in [0.717, 1.165) is 10.1 Å². The number of nitrogens with one attached hydrogen (secondary N) is 1. The molecule has 0 aliphatic rings. The van der Waals surface area contributed by atoms with E-state index in [-0.39, 0.29) is 11.2 Å². The fourth-order valence-corrected chi connectivity index (χ4v) is 3.08. The number of rotatable bonds is 3. The number of hydrogen-bond acceptors (Lipinski definition) is 5. The molecule has 0 saturated heterocycles. The average molecular weight is 375 g/mol. The maximum atomic E-state index is 15.3. The van der Waals surface area contributed by atoms with Crippen molar-refractivity contribution in [3.8, 4) is 11.3 Å². The SMILES string of the molecule is Bc1ccc2cc(C(F)(F)c3nnc4ccc(-c5cn[nH]c5)nn34)ccc2n1. The van der Waals surface area contributed by atoms with Crippen molar-refractivity contribution in [2.24, 2.45) is 0 Å². The van der Waals surface area contributed by atoms with Gasteiger partial charge >= 0.3 is 5.92 Å². The van der Waals surface area contributed by atoms with E-state index in [9.17, 15) is 0 Å². The molecule has 5 aromatic rings. The molecule has 0 saturated carbocycles. The Bertz CT molecular complexity index is 1310. The number of aromatic amines is 1. The minimum absolute atomic E-state index is 0.199. The molecule has 136 valence electrons. The lowest BCUT2D eigenvalue weighted by Gasteiger charge is -2.15. The van der Waals surface area contributed by atoms with Gasteiger partial charge in [-0.2, -0.15) is 23.5 Å². The highest BCUT2D eigenvalue weighted by Gasteiger charge is 2.40. The molecular formula is C18H12BF2N7. The summed E-state index contributed by atoms with van der Waals surface area (Å²) in [5.41, 5.74) is 2.68. The van der Waals surface area contributed by atoms with Crippen LogP contribution in [0.15, 0.2) is 54.9 Å². The number of hydrogen-bond donors (Lipinski definition) is 1. The number of alkyl halides is 2. The average Bonchev–Trinajstić information content (AvgIpc) is 3.37. The molecule has 4 aromatic heterocycles. The van der Waals surface area contributed by atoms with Crippen LogP contribution < -0.4 is 5.59 Å². The zero-order valence-electron chi connectivity index (χ0n) is 14.6. The van der Waals surface area contributed by atoms with Crippen LogP contribution in [0.25, 0.3) is 27.8 Å². The van der Waals surface area contributed by atoms with E-state index in [1.165, 1.54) is 12.1 Å². The van der Waals surface area contributed by atoms with Gasteiger partial charge < -0.3 is 0 Å². The Balaban J connectivity index is 1.65. The summed E-state index contributed by atoms with van der Waals surface area (Å²) in [5.74, 6) is -3.94. The van der Waals surface area contributed by atoms with Crippen molar-refractivity contribution in [3.63, 3.8) is 0 Å². The van der Waals surface area contributed by atoms with Gasteiger partial charge in [0.1, 0.15) is 0 Å². The van der Waals surface area contributed by atoms with Crippen LogP contribution >= 0.6 is 0 Å². The fourth-order valence-electron chi connectivity index (χ4n) is 3.08. The molecule has 5 rings (SSSR count). The second-order valence-corrected chi connectivity index (χ2v) is 6.43. The summed E-state index contributed by atoms with van der Waals surface area (Å²) in [7, 11) is 1.85.